The maximum absolute atomic E-state index is 11.7. The Morgan fingerprint density at radius 3 is 1.19 bits per heavy atom. The molecule has 0 heterocycles. The summed E-state index contributed by atoms with van der Waals surface area (Å²) in [5, 5.41) is 32.0. The average molecular weight is 570 g/mol. The van der Waals surface area contributed by atoms with E-state index < -0.39 is 18.0 Å². The van der Waals surface area contributed by atoms with Crippen LogP contribution in [0.4, 0.5) is 0 Å². The minimum Gasteiger partial charge on any atom is -0.744 e. The zero-order valence-electron chi connectivity index (χ0n) is 20.3. The second-order valence-electron chi connectivity index (χ2n) is 5.95. The summed E-state index contributed by atoms with van der Waals surface area (Å²) in [6, 6.07) is 33.0. The van der Waals surface area contributed by atoms with Gasteiger partial charge in [0.1, 0.15) is 26.0 Å². The third kappa shape index (κ3) is 15.4. The van der Waals surface area contributed by atoms with Crippen molar-refractivity contribution in [3.05, 3.63) is 84.9 Å². The summed E-state index contributed by atoms with van der Waals surface area (Å²) in [7, 11) is -6.09. The monoisotopic (exact) mass is 569 g/mol. The Kier molecular flexibility index (Phi) is 23.9. The molecule has 0 saturated heterocycles. The van der Waals surface area contributed by atoms with Gasteiger partial charge in [0.25, 0.3) is 0 Å². The van der Waals surface area contributed by atoms with Crippen LogP contribution in [0.2, 0.25) is 0 Å². The van der Waals surface area contributed by atoms with Crippen molar-refractivity contribution in [1.82, 2.24) is 0 Å². The van der Waals surface area contributed by atoms with Gasteiger partial charge in [0, 0.05) is 27.7 Å². The van der Waals surface area contributed by atoms with E-state index in [1.54, 1.807) is 42.5 Å². The van der Waals surface area contributed by atoms with Crippen LogP contribution >= 0.6 is 7.92 Å². The molecule has 0 unspecified atom stereocenters. The molecule has 0 aliphatic carbocycles. The molecule has 7 nitrogen and oxygen atoms in total. The standard InChI is InChI=1S/C18H15O3PS.4C2H3N.Cu/c19-23(20,21)18-14-8-7-13-17(18)22(15-9-3-1-4-10-15)16-11-5-2-6-12-16;4*1-2-3;/h1-14H,(H,19,20,21);4*1H3;/q;;;;;+1. The quantitative estimate of drug-likeness (QED) is 0.259. The molecule has 190 valence electrons. The Labute approximate surface area is 226 Å². The second-order valence-corrected chi connectivity index (χ2v) is 9.74. The van der Waals surface area contributed by atoms with Crippen molar-refractivity contribution in [2.75, 3.05) is 0 Å². The predicted octanol–water partition coefficient (Wildman–Crippen LogP) is 4.20. The maximum atomic E-state index is 11.7. The Hall–Kier alpha value is -3.52. The fraction of sp³-hybridized carbons (Fsp3) is 0.154. The van der Waals surface area contributed by atoms with E-state index in [4.69, 9.17) is 21.0 Å². The third-order valence-electron chi connectivity index (χ3n) is 3.55. The van der Waals surface area contributed by atoms with Crippen LogP contribution in [0.25, 0.3) is 0 Å². The fourth-order valence-corrected chi connectivity index (χ4v) is 6.44. The zero-order chi connectivity index (χ0) is 27.1. The molecule has 0 aromatic heterocycles. The van der Waals surface area contributed by atoms with Gasteiger partial charge in [-0.3, -0.25) is 0 Å². The van der Waals surface area contributed by atoms with Crippen LogP contribution in [0, 0.1) is 45.3 Å². The Bertz CT molecular complexity index is 1180. The van der Waals surface area contributed by atoms with E-state index >= 15 is 0 Å². The first-order valence-corrected chi connectivity index (χ1v) is 12.9. The molecule has 0 aliphatic rings. The molecule has 0 N–H and O–H groups in total. The molecule has 3 aromatic carbocycles. The SMILES string of the molecule is CC#N.CC#N.CC#N.CC#N.O=S(=O)([O-])c1ccccc1[PH+](c1ccccc1)c1ccccc1.[Cu+]. The van der Waals surface area contributed by atoms with E-state index in [0.717, 1.165) is 10.6 Å². The van der Waals surface area contributed by atoms with E-state index in [1.165, 1.54) is 33.8 Å². The molecule has 36 heavy (non-hydrogen) atoms. The second kappa shape index (κ2) is 23.2. The number of benzene rings is 3. The molecule has 0 spiro atoms. The van der Waals surface area contributed by atoms with Crippen LogP contribution in [0.5, 0.6) is 0 Å². The van der Waals surface area contributed by atoms with E-state index in [-0.39, 0.29) is 22.0 Å². The Balaban J connectivity index is -0.000000715. The van der Waals surface area contributed by atoms with Crippen molar-refractivity contribution in [2.24, 2.45) is 0 Å². The van der Waals surface area contributed by atoms with Gasteiger partial charge < -0.3 is 4.55 Å². The molecule has 0 radical (unpaired) electrons. The van der Waals surface area contributed by atoms with Gasteiger partial charge in [-0.15, -0.1) is 0 Å². The van der Waals surface area contributed by atoms with Crippen molar-refractivity contribution in [3.63, 3.8) is 0 Å². The van der Waals surface area contributed by atoms with Crippen LogP contribution in [0.1, 0.15) is 27.7 Å². The van der Waals surface area contributed by atoms with Crippen molar-refractivity contribution < 1.29 is 30.0 Å². The van der Waals surface area contributed by atoms with Gasteiger partial charge in [0.2, 0.25) is 0 Å². The number of rotatable bonds is 4. The summed E-state index contributed by atoms with van der Waals surface area (Å²) in [4.78, 5) is -0.124. The first-order valence-electron chi connectivity index (χ1n) is 10.00. The Morgan fingerprint density at radius 1 is 0.611 bits per heavy atom. The van der Waals surface area contributed by atoms with Crippen molar-refractivity contribution in [3.8, 4) is 24.3 Å². The number of hydrogen-bond acceptors (Lipinski definition) is 7. The van der Waals surface area contributed by atoms with Gasteiger partial charge in [0.15, 0.2) is 0 Å². The predicted molar refractivity (Wildman–Crippen MR) is 140 cm³/mol. The summed E-state index contributed by atoms with van der Waals surface area (Å²) in [6.07, 6.45) is 0. The summed E-state index contributed by atoms with van der Waals surface area (Å²) in [6.45, 7) is 5.72. The largest absolute Gasteiger partial charge is 1.00 e. The van der Waals surface area contributed by atoms with Gasteiger partial charge in [-0.25, -0.2) is 8.42 Å². The molecule has 3 rings (SSSR count). The average Bonchev–Trinajstić information content (AvgIpc) is 2.83. The van der Waals surface area contributed by atoms with Crippen LogP contribution < -0.4 is 15.9 Å². The van der Waals surface area contributed by atoms with Crippen molar-refractivity contribution >= 4 is 34.0 Å². The van der Waals surface area contributed by atoms with E-state index in [9.17, 15) is 13.0 Å². The molecule has 0 aliphatic heterocycles. The molecular formula is C26H27CuN4O3PS+. The van der Waals surface area contributed by atoms with E-state index in [0.29, 0.717) is 5.30 Å². The number of hydrogen-bond donors (Lipinski definition) is 0. The summed E-state index contributed by atoms with van der Waals surface area (Å²) in [5.41, 5.74) is 0. The van der Waals surface area contributed by atoms with Gasteiger partial charge in [0.05, 0.1) is 37.1 Å². The molecule has 0 amide bonds. The van der Waals surface area contributed by atoms with Gasteiger partial charge in [-0.05, 0) is 36.4 Å². The fourth-order valence-electron chi connectivity index (χ4n) is 2.58. The minimum atomic E-state index is -4.52. The third-order valence-corrected chi connectivity index (χ3v) is 7.42. The van der Waals surface area contributed by atoms with Crippen LogP contribution in [0.15, 0.2) is 89.8 Å². The van der Waals surface area contributed by atoms with Crippen LogP contribution in [-0.2, 0) is 27.2 Å². The number of nitrogens with zero attached hydrogens (tertiary/aromatic N) is 4. The summed E-state index contributed by atoms with van der Waals surface area (Å²) < 4.78 is 35.0. The van der Waals surface area contributed by atoms with Gasteiger partial charge in [-0.1, -0.05) is 48.5 Å². The molecule has 3 aromatic rings. The smallest absolute Gasteiger partial charge is 0.744 e. The van der Waals surface area contributed by atoms with Crippen LogP contribution in [-0.4, -0.2) is 13.0 Å². The first kappa shape index (κ1) is 37.0. The van der Waals surface area contributed by atoms with Crippen molar-refractivity contribution in [1.29, 1.82) is 21.0 Å². The molecule has 0 fully saturated rings. The molecule has 10 heteroatoms. The van der Waals surface area contributed by atoms with Gasteiger partial charge in [-0.2, -0.15) is 21.0 Å². The van der Waals surface area contributed by atoms with Crippen molar-refractivity contribution in [2.45, 2.75) is 32.6 Å². The first-order chi connectivity index (χ1) is 16.7. The summed E-state index contributed by atoms with van der Waals surface area (Å²) in [5.74, 6) is 0. The van der Waals surface area contributed by atoms with Crippen LogP contribution in [0.3, 0.4) is 0 Å². The Morgan fingerprint density at radius 2 is 0.889 bits per heavy atom. The maximum Gasteiger partial charge on any atom is 1.00 e. The molecule has 0 bridgehead atoms. The summed E-state index contributed by atoms with van der Waals surface area (Å²) >= 11 is 0. The molecule has 0 atom stereocenters. The molecule has 0 saturated carbocycles. The van der Waals surface area contributed by atoms with E-state index in [2.05, 4.69) is 0 Å². The van der Waals surface area contributed by atoms with Gasteiger partial charge >= 0.3 is 17.1 Å². The minimum absolute atomic E-state index is 0. The molecular weight excluding hydrogens is 543 g/mol. The number of nitriles is 4. The zero-order valence-corrected chi connectivity index (χ0v) is 23.1. The van der Waals surface area contributed by atoms with E-state index in [1.807, 2.05) is 60.7 Å². The normalized spacial score (nSPS) is 8.28. The topological polar surface area (TPSA) is 152 Å².